The Morgan fingerprint density at radius 1 is 1.39 bits per heavy atom. The van der Waals surface area contributed by atoms with E-state index in [4.69, 9.17) is 11.6 Å². The van der Waals surface area contributed by atoms with Crippen molar-refractivity contribution in [3.05, 3.63) is 28.8 Å². The van der Waals surface area contributed by atoms with Gasteiger partial charge in [0, 0.05) is 26.1 Å². The Balaban J connectivity index is 2.35. The number of hydrogen-bond acceptors (Lipinski definition) is 3. The molecule has 0 saturated carbocycles. The molecular formula is C12H13ClN2O3. The van der Waals surface area contributed by atoms with Gasteiger partial charge in [0.25, 0.3) is 0 Å². The van der Waals surface area contributed by atoms with Gasteiger partial charge in [-0.05, 0) is 12.1 Å². The molecule has 0 atom stereocenters. The van der Waals surface area contributed by atoms with Crippen LogP contribution in [0.1, 0.15) is 16.8 Å². The van der Waals surface area contributed by atoms with E-state index in [0.29, 0.717) is 31.7 Å². The van der Waals surface area contributed by atoms with Crippen LogP contribution in [0, 0.1) is 0 Å². The first-order chi connectivity index (χ1) is 8.59. The number of benzene rings is 1. The van der Waals surface area contributed by atoms with Crippen LogP contribution in [0.3, 0.4) is 0 Å². The third-order valence-corrected chi connectivity index (χ3v) is 3.17. The van der Waals surface area contributed by atoms with Gasteiger partial charge in [0.15, 0.2) is 0 Å². The highest BCUT2D eigenvalue weighted by Gasteiger charge is 2.21. The summed E-state index contributed by atoms with van der Waals surface area (Å²) in [6.45, 7) is 1.57. The number of nitrogens with one attached hydrogen (secondary N) is 1. The lowest BCUT2D eigenvalue weighted by Gasteiger charge is -2.24. The van der Waals surface area contributed by atoms with E-state index in [9.17, 15) is 14.7 Å². The molecule has 1 aliphatic rings. The van der Waals surface area contributed by atoms with Crippen LogP contribution in [-0.4, -0.2) is 36.6 Å². The summed E-state index contributed by atoms with van der Waals surface area (Å²) in [6.07, 6.45) is 0.353. The fourth-order valence-electron chi connectivity index (χ4n) is 2.00. The molecule has 6 heteroatoms. The van der Waals surface area contributed by atoms with E-state index in [1.165, 1.54) is 0 Å². The van der Waals surface area contributed by atoms with Crippen molar-refractivity contribution in [1.82, 2.24) is 5.32 Å². The number of carboxylic acid groups (broad SMARTS) is 1. The van der Waals surface area contributed by atoms with Crippen LogP contribution in [-0.2, 0) is 4.79 Å². The molecule has 5 nitrogen and oxygen atoms in total. The number of halogens is 1. The van der Waals surface area contributed by atoms with Gasteiger partial charge in [-0.25, -0.2) is 4.79 Å². The fourth-order valence-corrected chi connectivity index (χ4v) is 2.25. The molecule has 1 fully saturated rings. The molecule has 0 aromatic heterocycles. The van der Waals surface area contributed by atoms with Crippen LogP contribution in [0.5, 0.6) is 0 Å². The summed E-state index contributed by atoms with van der Waals surface area (Å²) in [7, 11) is 0. The van der Waals surface area contributed by atoms with Crippen LogP contribution in [0.4, 0.5) is 5.69 Å². The van der Waals surface area contributed by atoms with Gasteiger partial charge >= 0.3 is 5.97 Å². The smallest absolute Gasteiger partial charge is 0.339 e. The lowest BCUT2D eigenvalue weighted by molar-refractivity contribution is -0.120. The molecule has 0 spiro atoms. The molecule has 0 radical (unpaired) electrons. The summed E-state index contributed by atoms with van der Waals surface area (Å²) in [5.74, 6) is -1.07. The highest BCUT2D eigenvalue weighted by molar-refractivity contribution is 6.34. The van der Waals surface area contributed by atoms with E-state index in [2.05, 4.69) is 5.32 Å². The van der Waals surface area contributed by atoms with Crippen LogP contribution in [0.2, 0.25) is 5.02 Å². The summed E-state index contributed by atoms with van der Waals surface area (Å²) >= 11 is 5.92. The minimum Gasteiger partial charge on any atom is -0.478 e. The fraction of sp³-hybridized carbons (Fsp3) is 0.333. The zero-order valence-corrected chi connectivity index (χ0v) is 10.4. The maximum Gasteiger partial charge on any atom is 0.339 e. The van der Waals surface area contributed by atoms with E-state index in [1.807, 2.05) is 4.90 Å². The Morgan fingerprint density at radius 3 is 2.89 bits per heavy atom. The molecule has 18 heavy (non-hydrogen) atoms. The maximum atomic E-state index is 11.3. The summed E-state index contributed by atoms with van der Waals surface area (Å²) in [6, 6.07) is 4.98. The highest BCUT2D eigenvalue weighted by Crippen LogP contribution is 2.28. The molecule has 1 aliphatic heterocycles. The van der Waals surface area contributed by atoms with Crippen molar-refractivity contribution >= 4 is 29.2 Å². The summed E-state index contributed by atoms with van der Waals surface area (Å²) in [5.41, 5.74) is 0.653. The van der Waals surface area contributed by atoms with Gasteiger partial charge in [0.05, 0.1) is 10.7 Å². The Hall–Kier alpha value is -1.75. The molecular weight excluding hydrogens is 256 g/mol. The standard InChI is InChI=1S/C12H13ClN2O3/c13-8-2-1-3-9(11(8)12(17)18)15-6-4-10(16)14-5-7-15/h1-3H,4-7H2,(H,14,16)(H,17,18). The Bertz CT molecular complexity index is 490. The van der Waals surface area contributed by atoms with Crippen LogP contribution in [0.25, 0.3) is 0 Å². The summed E-state index contributed by atoms with van der Waals surface area (Å²) in [4.78, 5) is 24.4. The van der Waals surface area contributed by atoms with Crippen LogP contribution in [0.15, 0.2) is 18.2 Å². The average molecular weight is 269 g/mol. The molecule has 0 aliphatic carbocycles. The van der Waals surface area contributed by atoms with Crippen molar-refractivity contribution < 1.29 is 14.7 Å². The molecule has 0 bridgehead atoms. The van der Waals surface area contributed by atoms with Crippen molar-refractivity contribution in [3.8, 4) is 0 Å². The molecule has 1 heterocycles. The predicted molar refractivity (Wildman–Crippen MR) is 68.3 cm³/mol. The van der Waals surface area contributed by atoms with E-state index < -0.39 is 5.97 Å². The third-order valence-electron chi connectivity index (χ3n) is 2.86. The lowest BCUT2D eigenvalue weighted by atomic mass is 10.1. The van der Waals surface area contributed by atoms with Gasteiger partial charge < -0.3 is 15.3 Å². The number of carboxylic acids is 1. The molecule has 1 aromatic carbocycles. The number of carbonyl (C=O) groups is 2. The molecule has 96 valence electrons. The third kappa shape index (κ3) is 2.56. The number of hydrogen-bond donors (Lipinski definition) is 2. The van der Waals surface area contributed by atoms with Crippen LogP contribution < -0.4 is 10.2 Å². The number of rotatable bonds is 2. The molecule has 1 amide bonds. The summed E-state index contributed by atoms with van der Waals surface area (Å²) in [5, 5.41) is 12.2. The first kappa shape index (κ1) is 12.7. The second kappa shape index (κ2) is 5.27. The molecule has 1 aromatic rings. The zero-order valence-electron chi connectivity index (χ0n) is 9.65. The largest absolute Gasteiger partial charge is 0.478 e. The van der Waals surface area contributed by atoms with E-state index >= 15 is 0 Å². The monoisotopic (exact) mass is 268 g/mol. The van der Waals surface area contributed by atoms with Crippen molar-refractivity contribution in [2.75, 3.05) is 24.5 Å². The van der Waals surface area contributed by atoms with Crippen molar-refractivity contribution in [1.29, 1.82) is 0 Å². The molecule has 2 N–H and O–H groups in total. The minimum atomic E-state index is -1.06. The van der Waals surface area contributed by atoms with E-state index in [1.54, 1.807) is 18.2 Å². The number of amides is 1. The highest BCUT2D eigenvalue weighted by atomic mass is 35.5. The lowest BCUT2D eigenvalue weighted by Crippen LogP contribution is -2.29. The van der Waals surface area contributed by atoms with E-state index in [0.717, 1.165) is 0 Å². The van der Waals surface area contributed by atoms with Crippen LogP contribution >= 0.6 is 11.6 Å². The molecule has 0 unspecified atom stereocenters. The number of nitrogens with zero attached hydrogens (tertiary/aromatic N) is 1. The quantitative estimate of drug-likeness (QED) is 0.850. The van der Waals surface area contributed by atoms with Gasteiger partial charge in [-0.15, -0.1) is 0 Å². The normalized spacial score (nSPS) is 16.1. The van der Waals surface area contributed by atoms with Crippen molar-refractivity contribution in [2.24, 2.45) is 0 Å². The van der Waals surface area contributed by atoms with E-state index in [-0.39, 0.29) is 16.5 Å². The van der Waals surface area contributed by atoms with Gasteiger partial charge in [-0.1, -0.05) is 17.7 Å². The molecule has 2 rings (SSSR count). The van der Waals surface area contributed by atoms with Crippen molar-refractivity contribution in [3.63, 3.8) is 0 Å². The SMILES string of the molecule is O=C1CCN(c2cccc(Cl)c2C(=O)O)CCN1. The molecule has 1 saturated heterocycles. The Labute approximate surface area is 109 Å². The maximum absolute atomic E-state index is 11.3. The number of aromatic carboxylic acids is 1. The van der Waals surface area contributed by atoms with Gasteiger partial charge in [0.2, 0.25) is 5.91 Å². The second-order valence-electron chi connectivity index (χ2n) is 4.03. The first-order valence-electron chi connectivity index (χ1n) is 5.63. The van der Waals surface area contributed by atoms with Gasteiger partial charge in [0.1, 0.15) is 5.56 Å². The minimum absolute atomic E-state index is 0.0172. The Morgan fingerprint density at radius 2 is 2.17 bits per heavy atom. The predicted octanol–water partition coefficient (Wildman–Crippen LogP) is 1.36. The first-order valence-corrected chi connectivity index (χ1v) is 6.01. The topological polar surface area (TPSA) is 69.6 Å². The number of anilines is 1. The summed E-state index contributed by atoms with van der Waals surface area (Å²) < 4.78 is 0. The Kier molecular flexibility index (Phi) is 3.72. The average Bonchev–Trinajstić information content (AvgIpc) is 2.53. The number of carbonyl (C=O) groups excluding carboxylic acids is 1. The van der Waals surface area contributed by atoms with Gasteiger partial charge in [-0.2, -0.15) is 0 Å². The van der Waals surface area contributed by atoms with Crippen molar-refractivity contribution in [2.45, 2.75) is 6.42 Å². The van der Waals surface area contributed by atoms with Gasteiger partial charge in [-0.3, -0.25) is 4.79 Å². The second-order valence-corrected chi connectivity index (χ2v) is 4.43. The zero-order chi connectivity index (χ0) is 13.1.